The zero-order valence-electron chi connectivity index (χ0n) is 12.6. The number of hydrogen-bond donors (Lipinski definition) is 1. The standard InChI is InChI=1S/C18H23N3/c1-21-13-5-8-17(21)14-20-18(15-6-3-2-4-7-15)16-9-11-19-12-10-16/h2-4,6-7,9-12,17-18,20H,5,8,13-14H2,1H3. The van der Waals surface area contributed by atoms with Gasteiger partial charge in [0.05, 0.1) is 6.04 Å². The number of nitrogens with zero attached hydrogens (tertiary/aromatic N) is 2. The van der Waals surface area contributed by atoms with Crippen molar-refractivity contribution in [2.45, 2.75) is 24.9 Å². The summed E-state index contributed by atoms with van der Waals surface area (Å²) >= 11 is 0. The van der Waals surface area contributed by atoms with Crippen LogP contribution in [0.5, 0.6) is 0 Å². The van der Waals surface area contributed by atoms with Crippen LogP contribution in [0.15, 0.2) is 54.9 Å². The molecule has 2 unspecified atom stereocenters. The van der Waals surface area contributed by atoms with E-state index in [0.717, 1.165) is 6.54 Å². The highest BCUT2D eigenvalue weighted by molar-refractivity contribution is 5.30. The molecule has 0 bridgehead atoms. The second kappa shape index (κ2) is 6.83. The minimum atomic E-state index is 0.239. The van der Waals surface area contributed by atoms with E-state index in [1.807, 2.05) is 12.4 Å². The average Bonchev–Trinajstić information content (AvgIpc) is 2.95. The number of benzene rings is 1. The Morgan fingerprint density at radius 1 is 1.14 bits per heavy atom. The molecule has 2 heterocycles. The van der Waals surface area contributed by atoms with Gasteiger partial charge in [-0.3, -0.25) is 4.98 Å². The van der Waals surface area contributed by atoms with Gasteiger partial charge < -0.3 is 10.2 Å². The second-order valence-electron chi connectivity index (χ2n) is 5.81. The number of likely N-dealkylation sites (N-methyl/N-ethyl adjacent to an activating group) is 1. The lowest BCUT2D eigenvalue weighted by molar-refractivity contribution is 0.295. The summed E-state index contributed by atoms with van der Waals surface area (Å²) in [6, 6.07) is 15.7. The van der Waals surface area contributed by atoms with Gasteiger partial charge in [-0.2, -0.15) is 0 Å². The van der Waals surface area contributed by atoms with E-state index in [0.29, 0.717) is 6.04 Å². The SMILES string of the molecule is CN1CCCC1CNC(c1ccccc1)c1ccncc1. The van der Waals surface area contributed by atoms with Crippen molar-refractivity contribution in [1.29, 1.82) is 0 Å². The molecule has 1 aromatic heterocycles. The molecule has 0 radical (unpaired) electrons. The average molecular weight is 281 g/mol. The zero-order chi connectivity index (χ0) is 14.5. The predicted octanol–water partition coefficient (Wildman–Crippen LogP) is 2.85. The summed E-state index contributed by atoms with van der Waals surface area (Å²) in [5.41, 5.74) is 2.58. The van der Waals surface area contributed by atoms with Gasteiger partial charge in [0.25, 0.3) is 0 Å². The quantitative estimate of drug-likeness (QED) is 0.913. The van der Waals surface area contributed by atoms with Crippen molar-refractivity contribution in [3.8, 4) is 0 Å². The van der Waals surface area contributed by atoms with Crippen molar-refractivity contribution < 1.29 is 0 Å². The van der Waals surface area contributed by atoms with Crippen LogP contribution in [0, 0.1) is 0 Å². The normalized spacial score (nSPS) is 20.5. The van der Waals surface area contributed by atoms with Crippen molar-refractivity contribution in [2.24, 2.45) is 0 Å². The Kier molecular flexibility index (Phi) is 4.63. The van der Waals surface area contributed by atoms with Gasteiger partial charge in [0.15, 0.2) is 0 Å². The van der Waals surface area contributed by atoms with Crippen LogP contribution in [0.3, 0.4) is 0 Å². The monoisotopic (exact) mass is 281 g/mol. The molecule has 0 saturated carbocycles. The van der Waals surface area contributed by atoms with Gasteiger partial charge in [0.1, 0.15) is 0 Å². The highest BCUT2D eigenvalue weighted by Gasteiger charge is 2.22. The fourth-order valence-electron chi connectivity index (χ4n) is 3.12. The third-order valence-corrected chi connectivity index (χ3v) is 4.40. The first kappa shape index (κ1) is 14.2. The van der Waals surface area contributed by atoms with Gasteiger partial charge in [0, 0.05) is 25.0 Å². The van der Waals surface area contributed by atoms with Crippen LogP contribution in [0.25, 0.3) is 0 Å². The summed E-state index contributed by atoms with van der Waals surface area (Å²) < 4.78 is 0. The van der Waals surface area contributed by atoms with Crippen LogP contribution in [0.4, 0.5) is 0 Å². The van der Waals surface area contributed by atoms with Crippen molar-refractivity contribution in [1.82, 2.24) is 15.2 Å². The molecule has 0 spiro atoms. The van der Waals surface area contributed by atoms with E-state index in [4.69, 9.17) is 0 Å². The van der Waals surface area contributed by atoms with Crippen LogP contribution in [0.1, 0.15) is 30.0 Å². The number of rotatable bonds is 5. The molecule has 1 aromatic carbocycles. The lowest BCUT2D eigenvalue weighted by Gasteiger charge is -2.25. The van der Waals surface area contributed by atoms with Gasteiger partial charge in [0.2, 0.25) is 0 Å². The minimum absolute atomic E-state index is 0.239. The molecule has 3 nitrogen and oxygen atoms in total. The number of hydrogen-bond acceptors (Lipinski definition) is 3. The van der Waals surface area contributed by atoms with Crippen LogP contribution in [-0.4, -0.2) is 36.1 Å². The Balaban J connectivity index is 1.76. The Labute approximate surface area is 127 Å². The highest BCUT2D eigenvalue weighted by Crippen LogP contribution is 2.22. The Morgan fingerprint density at radius 3 is 2.52 bits per heavy atom. The van der Waals surface area contributed by atoms with E-state index in [1.54, 1.807) is 0 Å². The fourth-order valence-corrected chi connectivity index (χ4v) is 3.12. The predicted molar refractivity (Wildman–Crippen MR) is 86.2 cm³/mol. The molecule has 3 heteroatoms. The number of nitrogens with one attached hydrogen (secondary N) is 1. The Bertz CT molecular complexity index is 501. The molecule has 21 heavy (non-hydrogen) atoms. The topological polar surface area (TPSA) is 28.2 Å². The maximum Gasteiger partial charge on any atom is 0.0578 e. The van der Waals surface area contributed by atoms with Crippen LogP contribution >= 0.6 is 0 Å². The molecule has 110 valence electrons. The first-order valence-electron chi connectivity index (χ1n) is 7.73. The van der Waals surface area contributed by atoms with Gasteiger partial charge >= 0.3 is 0 Å². The van der Waals surface area contributed by atoms with Crippen LogP contribution in [0.2, 0.25) is 0 Å². The molecule has 2 aromatic rings. The molecule has 0 aliphatic carbocycles. The maximum atomic E-state index is 4.14. The summed E-state index contributed by atoms with van der Waals surface area (Å²) in [5.74, 6) is 0. The summed E-state index contributed by atoms with van der Waals surface area (Å²) in [4.78, 5) is 6.60. The summed E-state index contributed by atoms with van der Waals surface area (Å²) in [7, 11) is 2.23. The number of pyridine rings is 1. The first-order valence-corrected chi connectivity index (χ1v) is 7.73. The molecular formula is C18H23N3. The lowest BCUT2D eigenvalue weighted by atomic mass is 9.99. The van der Waals surface area contributed by atoms with E-state index in [-0.39, 0.29) is 6.04 Å². The third-order valence-electron chi connectivity index (χ3n) is 4.40. The summed E-state index contributed by atoms with van der Waals surface area (Å²) in [5, 5.41) is 3.76. The van der Waals surface area contributed by atoms with Crippen LogP contribution < -0.4 is 5.32 Å². The molecule has 1 saturated heterocycles. The lowest BCUT2D eigenvalue weighted by Crippen LogP contribution is -2.37. The molecule has 1 aliphatic rings. The largest absolute Gasteiger partial charge is 0.305 e. The molecule has 2 atom stereocenters. The van der Waals surface area contributed by atoms with E-state index >= 15 is 0 Å². The molecule has 1 aliphatic heterocycles. The van der Waals surface area contributed by atoms with Crippen molar-refractivity contribution in [3.63, 3.8) is 0 Å². The van der Waals surface area contributed by atoms with Gasteiger partial charge in [-0.05, 0) is 49.7 Å². The molecule has 1 fully saturated rings. The van der Waals surface area contributed by atoms with E-state index < -0.39 is 0 Å². The molecule has 1 N–H and O–H groups in total. The van der Waals surface area contributed by atoms with Crippen molar-refractivity contribution >= 4 is 0 Å². The minimum Gasteiger partial charge on any atom is -0.305 e. The first-order chi connectivity index (χ1) is 10.3. The highest BCUT2D eigenvalue weighted by atomic mass is 15.2. The van der Waals surface area contributed by atoms with E-state index in [9.17, 15) is 0 Å². The fraction of sp³-hybridized carbons (Fsp3) is 0.389. The van der Waals surface area contributed by atoms with Crippen molar-refractivity contribution in [3.05, 3.63) is 66.0 Å². The second-order valence-corrected chi connectivity index (χ2v) is 5.81. The summed E-state index contributed by atoms with van der Waals surface area (Å²) in [6.45, 7) is 2.25. The number of likely N-dealkylation sites (tertiary alicyclic amines) is 1. The Morgan fingerprint density at radius 2 is 1.86 bits per heavy atom. The van der Waals surface area contributed by atoms with Crippen LogP contribution in [-0.2, 0) is 0 Å². The maximum absolute atomic E-state index is 4.14. The van der Waals surface area contributed by atoms with Gasteiger partial charge in [-0.25, -0.2) is 0 Å². The van der Waals surface area contributed by atoms with E-state index in [2.05, 4.69) is 64.7 Å². The smallest absolute Gasteiger partial charge is 0.0578 e. The van der Waals surface area contributed by atoms with E-state index in [1.165, 1.54) is 30.5 Å². The Hall–Kier alpha value is -1.71. The number of aromatic nitrogens is 1. The van der Waals surface area contributed by atoms with Gasteiger partial charge in [-0.15, -0.1) is 0 Å². The third kappa shape index (κ3) is 3.49. The van der Waals surface area contributed by atoms with Gasteiger partial charge in [-0.1, -0.05) is 30.3 Å². The van der Waals surface area contributed by atoms with Crippen molar-refractivity contribution in [2.75, 3.05) is 20.1 Å². The molecule has 0 amide bonds. The summed E-state index contributed by atoms with van der Waals surface area (Å²) in [6.07, 6.45) is 6.35. The molecular weight excluding hydrogens is 258 g/mol. The zero-order valence-corrected chi connectivity index (χ0v) is 12.6. The molecule has 3 rings (SSSR count).